The maximum atomic E-state index is 12.8. The van der Waals surface area contributed by atoms with Crippen LogP contribution in [0.5, 0.6) is 0 Å². The van der Waals surface area contributed by atoms with Gasteiger partial charge in [0.05, 0.1) is 30.0 Å². The van der Waals surface area contributed by atoms with Gasteiger partial charge in [-0.05, 0) is 12.1 Å². The quantitative estimate of drug-likeness (QED) is 0.801. The highest BCUT2D eigenvalue weighted by molar-refractivity contribution is 5.94. The third kappa shape index (κ3) is 2.24. The van der Waals surface area contributed by atoms with Crippen LogP contribution in [0.3, 0.4) is 0 Å². The fourth-order valence-corrected chi connectivity index (χ4v) is 2.60. The van der Waals surface area contributed by atoms with Crippen LogP contribution in [0.2, 0.25) is 0 Å². The first-order chi connectivity index (χ1) is 9.47. The third-order valence-electron chi connectivity index (χ3n) is 3.65. The zero-order valence-electron chi connectivity index (χ0n) is 11.1. The number of ether oxygens (including phenoxy) is 1. The number of aryl methyl sites for hydroxylation is 1. The Morgan fingerprint density at radius 3 is 2.50 bits per heavy atom. The lowest BCUT2D eigenvalue weighted by Crippen LogP contribution is -2.36. The molecular weight excluding hydrogens is 269 g/mol. The zero-order chi connectivity index (χ0) is 14.3. The minimum atomic E-state index is -4.31. The molecule has 0 amide bonds. The number of anilines is 1. The van der Waals surface area contributed by atoms with Crippen LogP contribution < -0.4 is 4.90 Å². The van der Waals surface area contributed by atoms with E-state index in [0.29, 0.717) is 18.7 Å². The summed E-state index contributed by atoms with van der Waals surface area (Å²) in [6, 6.07) is 3.91. The number of nitrogens with zero attached hydrogens (tertiary/aromatic N) is 2. The molecule has 6 heteroatoms. The Labute approximate surface area is 114 Å². The maximum absolute atomic E-state index is 12.8. The predicted molar refractivity (Wildman–Crippen MR) is 71.0 cm³/mol. The van der Waals surface area contributed by atoms with E-state index in [1.807, 2.05) is 6.20 Å². The van der Waals surface area contributed by atoms with Gasteiger partial charge in [0, 0.05) is 31.7 Å². The molecule has 1 saturated heterocycles. The standard InChI is InChI=1S/C14H15F3N2O/c1-18-9-13(19-4-6-20-7-5-19)11-3-2-10(8-12(11)18)14(15,16)17/h2-3,8-9H,4-7H2,1H3. The number of benzene rings is 1. The molecule has 2 aromatic rings. The largest absolute Gasteiger partial charge is 0.416 e. The fraction of sp³-hybridized carbons (Fsp3) is 0.429. The van der Waals surface area contributed by atoms with E-state index in [9.17, 15) is 13.2 Å². The van der Waals surface area contributed by atoms with E-state index >= 15 is 0 Å². The first kappa shape index (κ1) is 13.3. The molecule has 3 rings (SSSR count). The number of hydrogen-bond donors (Lipinski definition) is 0. The molecule has 1 aromatic heterocycles. The molecule has 0 atom stereocenters. The molecule has 0 bridgehead atoms. The van der Waals surface area contributed by atoms with Gasteiger partial charge in [0.25, 0.3) is 0 Å². The maximum Gasteiger partial charge on any atom is 0.416 e. The molecule has 2 heterocycles. The average molecular weight is 284 g/mol. The zero-order valence-corrected chi connectivity index (χ0v) is 11.1. The molecule has 0 radical (unpaired) electrons. The number of morpholine rings is 1. The molecule has 0 saturated carbocycles. The van der Waals surface area contributed by atoms with Gasteiger partial charge in [-0.15, -0.1) is 0 Å². The van der Waals surface area contributed by atoms with Crippen molar-refractivity contribution in [2.45, 2.75) is 6.18 Å². The van der Waals surface area contributed by atoms with Crippen LogP contribution in [0.25, 0.3) is 10.9 Å². The number of hydrogen-bond acceptors (Lipinski definition) is 2. The molecule has 108 valence electrons. The summed E-state index contributed by atoms with van der Waals surface area (Å²) < 4.78 is 45.4. The van der Waals surface area contributed by atoms with E-state index in [0.717, 1.165) is 30.2 Å². The second kappa shape index (κ2) is 4.70. The Hall–Kier alpha value is -1.69. The molecule has 0 N–H and O–H groups in total. The SMILES string of the molecule is Cn1cc(N2CCOCC2)c2ccc(C(F)(F)F)cc21. The van der Waals surface area contributed by atoms with Gasteiger partial charge >= 0.3 is 6.18 Å². The van der Waals surface area contributed by atoms with Crippen LogP contribution in [0.1, 0.15) is 5.56 Å². The number of fused-ring (bicyclic) bond motifs is 1. The van der Waals surface area contributed by atoms with Crippen LogP contribution in [0.15, 0.2) is 24.4 Å². The lowest BCUT2D eigenvalue weighted by Gasteiger charge is -2.28. The first-order valence-electron chi connectivity index (χ1n) is 6.46. The molecule has 0 unspecified atom stereocenters. The second-order valence-electron chi connectivity index (χ2n) is 4.95. The summed E-state index contributed by atoms with van der Waals surface area (Å²) in [5.41, 5.74) is 0.959. The van der Waals surface area contributed by atoms with Crippen molar-refractivity contribution in [3.63, 3.8) is 0 Å². The van der Waals surface area contributed by atoms with E-state index < -0.39 is 11.7 Å². The molecular formula is C14H15F3N2O. The van der Waals surface area contributed by atoms with Gasteiger partial charge in [-0.3, -0.25) is 0 Å². The Kier molecular flexibility index (Phi) is 3.12. The van der Waals surface area contributed by atoms with Crippen molar-refractivity contribution < 1.29 is 17.9 Å². The van der Waals surface area contributed by atoms with Crippen molar-refractivity contribution in [2.24, 2.45) is 7.05 Å². The van der Waals surface area contributed by atoms with Crippen LogP contribution in [0, 0.1) is 0 Å². The summed E-state index contributed by atoms with van der Waals surface area (Å²) in [5, 5.41) is 0.849. The summed E-state index contributed by atoms with van der Waals surface area (Å²) in [6.45, 7) is 2.83. The van der Waals surface area contributed by atoms with Gasteiger partial charge in [-0.2, -0.15) is 13.2 Å². The molecule has 1 fully saturated rings. The molecule has 0 aliphatic carbocycles. The van der Waals surface area contributed by atoms with Crippen molar-refractivity contribution in [3.05, 3.63) is 30.0 Å². The van der Waals surface area contributed by atoms with Gasteiger partial charge in [0.1, 0.15) is 0 Å². The molecule has 0 spiro atoms. The minimum Gasteiger partial charge on any atom is -0.378 e. The minimum absolute atomic E-state index is 0.598. The van der Waals surface area contributed by atoms with Crippen molar-refractivity contribution in [2.75, 3.05) is 31.2 Å². The van der Waals surface area contributed by atoms with Crippen molar-refractivity contribution in [1.29, 1.82) is 0 Å². The fourth-order valence-electron chi connectivity index (χ4n) is 2.60. The highest BCUT2D eigenvalue weighted by Gasteiger charge is 2.31. The van der Waals surface area contributed by atoms with Gasteiger partial charge in [0.15, 0.2) is 0 Å². The van der Waals surface area contributed by atoms with Crippen molar-refractivity contribution in [1.82, 2.24) is 4.57 Å². The Morgan fingerprint density at radius 2 is 1.85 bits per heavy atom. The Morgan fingerprint density at radius 1 is 1.15 bits per heavy atom. The molecule has 1 aliphatic heterocycles. The number of aromatic nitrogens is 1. The highest BCUT2D eigenvalue weighted by Crippen LogP contribution is 2.35. The van der Waals surface area contributed by atoms with Crippen LogP contribution >= 0.6 is 0 Å². The monoisotopic (exact) mass is 284 g/mol. The van der Waals surface area contributed by atoms with E-state index in [1.165, 1.54) is 6.07 Å². The summed E-state index contributed by atoms with van der Waals surface area (Å²) in [4.78, 5) is 2.15. The van der Waals surface area contributed by atoms with Gasteiger partial charge in [-0.1, -0.05) is 6.07 Å². The smallest absolute Gasteiger partial charge is 0.378 e. The van der Waals surface area contributed by atoms with Crippen molar-refractivity contribution in [3.8, 4) is 0 Å². The van der Waals surface area contributed by atoms with Crippen LogP contribution in [0.4, 0.5) is 18.9 Å². The van der Waals surface area contributed by atoms with E-state index in [2.05, 4.69) is 4.90 Å². The number of halogens is 3. The lowest BCUT2D eigenvalue weighted by atomic mass is 10.1. The summed E-state index contributed by atoms with van der Waals surface area (Å²) in [7, 11) is 1.77. The van der Waals surface area contributed by atoms with E-state index in [1.54, 1.807) is 17.7 Å². The van der Waals surface area contributed by atoms with Gasteiger partial charge in [0.2, 0.25) is 0 Å². The Bertz CT molecular complexity index is 627. The van der Waals surface area contributed by atoms with Crippen LogP contribution in [-0.2, 0) is 18.0 Å². The summed E-state index contributed by atoms with van der Waals surface area (Å²) in [6.07, 6.45) is -2.42. The predicted octanol–water partition coefficient (Wildman–Crippen LogP) is 3.03. The summed E-state index contributed by atoms with van der Waals surface area (Å²) >= 11 is 0. The van der Waals surface area contributed by atoms with Gasteiger partial charge < -0.3 is 14.2 Å². The number of alkyl halides is 3. The third-order valence-corrected chi connectivity index (χ3v) is 3.65. The normalized spacial score (nSPS) is 16.9. The average Bonchev–Trinajstić information content (AvgIpc) is 2.76. The van der Waals surface area contributed by atoms with Gasteiger partial charge in [-0.25, -0.2) is 0 Å². The topological polar surface area (TPSA) is 17.4 Å². The molecule has 20 heavy (non-hydrogen) atoms. The van der Waals surface area contributed by atoms with E-state index in [-0.39, 0.29) is 0 Å². The van der Waals surface area contributed by atoms with E-state index in [4.69, 9.17) is 4.74 Å². The first-order valence-corrected chi connectivity index (χ1v) is 6.46. The molecule has 1 aliphatic rings. The number of rotatable bonds is 1. The summed E-state index contributed by atoms with van der Waals surface area (Å²) in [5.74, 6) is 0. The second-order valence-corrected chi connectivity index (χ2v) is 4.95. The molecule has 3 nitrogen and oxygen atoms in total. The lowest BCUT2D eigenvalue weighted by molar-refractivity contribution is -0.137. The Balaban J connectivity index is 2.07. The van der Waals surface area contributed by atoms with Crippen LogP contribution in [-0.4, -0.2) is 30.9 Å². The highest BCUT2D eigenvalue weighted by atomic mass is 19.4. The van der Waals surface area contributed by atoms with Crippen molar-refractivity contribution >= 4 is 16.6 Å². The molecule has 1 aromatic carbocycles.